The van der Waals surface area contributed by atoms with Crippen molar-refractivity contribution in [3.05, 3.63) is 30.1 Å². The topological polar surface area (TPSA) is 86.3 Å². The highest BCUT2D eigenvalue weighted by atomic mass is 16.4. The second-order valence-corrected chi connectivity index (χ2v) is 7.27. The van der Waals surface area contributed by atoms with Crippen LogP contribution in [0.4, 0.5) is 0 Å². The second-order valence-electron chi connectivity index (χ2n) is 7.27. The van der Waals surface area contributed by atoms with Gasteiger partial charge in [0.15, 0.2) is 0 Å². The molecule has 2 aliphatic heterocycles. The Morgan fingerprint density at radius 1 is 1.36 bits per heavy atom. The number of hydrogen-bond acceptors (Lipinski definition) is 3. The molecule has 1 aromatic heterocycles. The molecule has 0 radical (unpaired) electrons. The Morgan fingerprint density at radius 3 is 2.84 bits per heavy atom. The Labute approximate surface area is 146 Å². The van der Waals surface area contributed by atoms with E-state index in [9.17, 15) is 14.7 Å². The standard InChI is InChI=1S/C19H23N3O3/c1-2-19(18(24)25)11-12-7-8-15(19)22(12)17(23)10-9-16-20-13-5-3-4-6-14(13)21-16/h3-6,12,15H,2,7-11H2,1H3,(H,20,21)(H,24,25)/t12-,15+,19+/m0/s1. The molecular weight excluding hydrogens is 318 g/mol. The van der Waals surface area contributed by atoms with Gasteiger partial charge in [0.25, 0.3) is 0 Å². The molecule has 2 aromatic rings. The van der Waals surface area contributed by atoms with Crippen molar-refractivity contribution in [3.8, 4) is 0 Å². The third-order valence-corrected chi connectivity index (χ3v) is 6.10. The van der Waals surface area contributed by atoms with E-state index >= 15 is 0 Å². The molecule has 2 saturated heterocycles. The number of nitrogens with one attached hydrogen (secondary N) is 1. The summed E-state index contributed by atoms with van der Waals surface area (Å²) in [6, 6.07) is 7.74. The van der Waals surface area contributed by atoms with Crippen molar-refractivity contribution in [1.82, 2.24) is 14.9 Å². The zero-order chi connectivity index (χ0) is 17.6. The molecular formula is C19H23N3O3. The first kappa shape index (κ1) is 16.1. The molecule has 1 aromatic carbocycles. The van der Waals surface area contributed by atoms with Gasteiger partial charge in [0.1, 0.15) is 5.82 Å². The van der Waals surface area contributed by atoms with E-state index in [4.69, 9.17) is 0 Å². The van der Waals surface area contributed by atoms with Gasteiger partial charge in [0.05, 0.1) is 16.4 Å². The molecule has 0 saturated carbocycles. The number of imidazole rings is 1. The van der Waals surface area contributed by atoms with E-state index in [0.717, 1.165) is 29.7 Å². The predicted molar refractivity (Wildman–Crippen MR) is 93.0 cm³/mol. The first-order valence-electron chi connectivity index (χ1n) is 9.03. The zero-order valence-electron chi connectivity index (χ0n) is 14.4. The summed E-state index contributed by atoms with van der Waals surface area (Å²) in [6.45, 7) is 1.92. The number of carbonyl (C=O) groups excluding carboxylic acids is 1. The number of hydrogen-bond donors (Lipinski definition) is 2. The molecule has 0 aliphatic carbocycles. The number of nitrogens with zero attached hydrogens (tertiary/aromatic N) is 2. The number of amides is 1. The summed E-state index contributed by atoms with van der Waals surface area (Å²) in [4.78, 5) is 34.3. The van der Waals surface area contributed by atoms with Crippen molar-refractivity contribution >= 4 is 22.9 Å². The molecule has 25 heavy (non-hydrogen) atoms. The van der Waals surface area contributed by atoms with E-state index in [1.807, 2.05) is 36.1 Å². The number of aromatic nitrogens is 2. The maximum atomic E-state index is 12.8. The number of fused-ring (bicyclic) bond motifs is 3. The normalized spacial score (nSPS) is 28.0. The van der Waals surface area contributed by atoms with E-state index < -0.39 is 11.4 Å². The Bertz CT molecular complexity index is 797. The first-order valence-corrected chi connectivity index (χ1v) is 9.03. The van der Waals surface area contributed by atoms with Gasteiger partial charge in [-0.1, -0.05) is 19.1 Å². The summed E-state index contributed by atoms with van der Waals surface area (Å²) >= 11 is 0. The van der Waals surface area contributed by atoms with Crippen molar-refractivity contribution in [2.45, 2.75) is 57.5 Å². The molecule has 3 heterocycles. The number of carboxylic acids is 1. The number of aliphatic carboxylic acids is 1. The largest absolute Gasteiger partial charge is 0.481 e. The Balaban J connectivity index is 1.47. The molecule has 0 unspecified atom stereocenters. The average molecular weight is 341 g/mol. The van der Waals surface area contributed by atoms with Crippen LogP contribution < -0.4 is 0 Å². The Kier molecular flexibility index (Phi) is 3.78. The minimum atomic E-state index is -0.753. The van der Waals surface area contributed by atoms with Crippen molar-refractivity contribution in [1.29, 1.82) is 0 Å². The number of carbonyl (C=O) groups is 2. The molecule has 3 atom stereocenters. The van der Waals surface area contributed by atoms with Crippen LogP contribution in [0.5, 0.6) is 0 Å². The van der Waals surface area contributed by atoms with Gasteiger partial charge < -0.3 is 15.0 Å². The molecule has 2 fully saturated rings. The van der Waals surface area contributed by atoms with Crippen molar-refractivity contribution in [2.75, 3.05) is 0 Å². The van der Waals surface area contributed by atoms with Crippen LogP contribution in [0.25, 0.3) is 11.0 Å². The minimum Gasteiger partial charge on any atom is -0.481 e. The van der Waals surface area contributed by atoms with E-state index in [1.165, 1.54) is 0 Å². The molecule has 0 spiro atoms. The van der Waals surface area contributed by atoms with Crippen molar-refractivity contribution in [3.63, 3.8) is 0 Å². The van der Waals surface area contributed by atoms with Gasteiger partial charge in [0, 0.05) is 24.9 Å². The van der Waals surface area contributed by atoms with Gasteiger partial charge in [-0.2, -0.15) is 0 Å². The lowest BCUT2D eigenvalue weighted by atomic mass is 9.72. The number of carboxylic acid groups (broad SMARTS) is 1. The lowest BCUT2D eigenvalue weighted by Gasteiger charge is -2.32. The van der Waals surface area contributed by atoms with Crippen LogP contribution >= 0.6 is 0 Å². The number of H-pyrrole nitrogens is 1. The third kappa shape index (κ3) is 2.42. The van der Waals surface area contributed by atoms with E-state index in [1.54, 1.807) is 0 Å². The van der Waals surface area contributed by atoms with Gasteiger partial charge >= 0.3 is 5.97 Å². The number of rotatable bonds is 5. The molecule has 6 nitrogen and oxygen atoms in total. The van der Waals surface area contributed by atoms with Crippen LogP contribution in [-0.2, 0) is 16.0 Å². The molecule has 132 valence electrons. The number of benzene rings is 1. The molecule has 2 aliphatic rings. The van der Waals surface area contributed by atoms with Gasteiger partial charge in [-0.3, -0.25) is 9.59 Å². The third-order valence-electron chi connectivity index (χ3n) is 6.10. The maximum absolute atomic E-state index is 12.8. The van der Waals surface area contributed by atoms with Crippen LogP contribution in [0.1, 0.15) is 44.9 Å². The van der Waals surface area contributed by atoms with Gasteiger partial charge in [-0.25, -0.2) is 4.98 Å². The van der Waals surface area contributed by atoms with Crippen LogP contribution in [0.3, 0.4) is 0 Å². The van der Waals surface area contributed by atoms with E-state index in [-0.39, 0.29) is 18.0 Å². The number of aryl methyl sites for hydroxylation is 1. The smallest absolute Gasteiger partial charge is 0.311 e. The van der Waals surface area contributed by atoms with Crippen molar-refractivity contribution in [2.24, 2.45) is 5.41 Å². The SMILES string of the molecule is CC[C@@]1(C(=O)O)C[C@@H]2CC[C@H]1N2C(=O)CCc1nc2ccccc2[nH]1. The number of aromatic amines is 1. The average Bonchev–Trinajstić information content (AvgIpc) is 3.30. The molecule has 1 amide bonds. The van der Waals surface area contributed by atoms with Gasteiger partial charge in [-0.05, 0) is 37.8 Å². The van der Waals surface area contributed by atoms with E-state index in [0.29, 0.717) is 25.7 Å². The first-order chi connectivity index (χ1) is 12.0. The van der Waals surface area contributed by atoms with E-state index in [2.05, 4.69) is 9.97 Å². The fourth-order valence-corrected chi connectivity index (χ4v) is 4.80. The number of para-hydroxylation sites is 2. The molecule has 2 bridgehead atoms. The quantitative estimate of drug-likeness (QED) is 0.875. The Morgan fingerprint density at radius 2 is 2.16 bits per heavy atom. The summed E-state index contributed by atoms with van der Waals surface area (Å²) in [6.07, 6.45) is 3.83. The maximum Gasteiger partial charge on any atom is 0.311 e. The Hall–Kier alpha value is -2.37. The highest BCUT2D eigenvalue weighted by molar-refractivity contribution is 5.83. The summed E-state index contributed by atoms with van der Waals surface area (Å²) < 4.78 is 0. The summed E-state index contributed by atoms with van der Waals surface area (Å²) in [5.41, 5.74) is 1.13. The van der Waals surface area contributed by atoms with Crippen LogP contribution in [-0.4, -0.2) is 43.9 Å². The predicted octanol–water partition coefficient (Wildman–Crippen LogP) is 2.74. The van der Waals surface area contributed by atoms with Crippen molar-refractivity contribution < 1.29 is 14.7 Å². The monoisotopic (exact) mass is 341 g/mol. The summed E-state index contributed by atoms with van der Waals surface area (Å²) in [5.74, 6) is 0.114. The lowest BCUT2D eigenvalue weighted by Crippen LogP contribution is -2.44. The fourth-order valence-electron chi connectivity index (χ4n) is 4.80. The molecule has 6 heteroatoms. The van der Waals surface area contributed by atoms with Crippen LogP contribution in [0, 0.1) is 5.41 Å². The minimum absolute atomic E-state index is 0.0598. The zero-order valence-corrected chi connectivity index (χ0v) is 14.4. The van der Waals surface area contributed by atoms with Gasteiger partial charge in [0.2, 0.25) is 5.91 Å². The highest BCUT2D eigenvalue weighted by Gasteiger charge is 2.60. The van der Waals surface area contributed by atoms with Crippen LogP contribution in [0.15, 0.2) is 24.3 Å². The van der Waals surface area contributed by atoms with Crippen LogP contribution in [0.2, 0.25) is 0 Å². The van der Waals surface area contributed by atoms with Gasteiger partial charge in [-0.15, -0.1) is 0 Å². The highest BCUT2D eigenvalue weighted by Crippen LogP contribution is 2.52. The summed E-state index contributed by atoms with van der Waals surface area (Å²) in [7, 11) is 0. The second kappa shape index (κ2) is 5.86. The lowest BCUT2D eigenvalue weighted by molar-refractivity contribution is -0.151. The summed E-state index contributed by atoms with van der Waals surface area (Å²) in [5, 5.41) is 9.72. The fraction of sp³-hybridized carbons (Fsp3) is 0.526. The molecule has 4 rings (SSSR count). The molecule has 2 N–H and O–H groups in total.